The van der Waals surface area contributed by atoms with Gasteiger partial charge in [0.05, 0.1) is 6.04 Å². The second kappa shape index (κ2) is 6.02. The number of benzene rings is 1. The molecule has 2 rings (SSSR count). The number of hydrogen-bond donors (Lipinski definition) is 0. The standard InChI is InChI=1S/C13H17NO.ClH/c1-11(15)13(14-9-5-6-10-14)12-7-3-2-4-8-12;/h2-4,7-8,13H,5-6,9-10H2,1H3;1H. The van der Waals surface area contributed by atoms with Gasteiger partial charge in [-0.15, -0.1) is 12.4 Å². The Hall–Kier alpha value is -0.860. The maximum Gasteiger partial charge on any atom is 0.151 e. The highest BCUT2D eigenvalue weighted by atomic mass is 35.5. The fraction of sp³-hybridized carbons (Fsp3) is 0.462. The summed E-state index contributed by atoms with van der Waals surface area (Å²) >= 11 is 0. The van der Waals surface area contributed by atoms with E-state index in [-0.39, 0.29) is 24.2 Å². The van der Waals surface area contributed by atoms with Gasteiger partial charge >= 0.3 is 0 Å². The predicted octanol–water partition coefficient (Wildman–Crippen LogP) is 2.83. The smallest absolute Gasteiger partial charge is 0.151 e. The second-order valence-corrected chi connectivity index (χ2v) is 4.17. The number of carbonyl (C=O) groups is 1. The van der Waals surface area contributed by atoms with E-state index in [0.717, 1.165) is 18.7 Å². The normalized spacial score (nSPS) is 17.8. The monoisotopic (exact) mass is 239 g/mol. The lowest BCUT2D eigenvalue weighted by Crippen LogP contribution is -2.30. The molecule has 0 aliphatic carbocycles. The summed E-state index contributed by atoms with van der Waals surface area (Å²) in [4.78, 5) is 14.0. The largest absolute Gasteiger partial charge is 0.298 e. The van der Waals surface area contributed by atoms with Crippen LogP contribution >= 0.6 is 12.4 Å². The molecule has 2 nitrogen and oxygen atoms in total. The molecule has 88 valence electrons. The van der Waals surface area contributed by atoms with Crippen LogP contribution in [0.2, 0.25) is 0 Å². The molecular weight excluding hydrogens is 222 g/mol. The van der Waals surface area contributed by atoms with Gasteiger partial charge in [-0.1, -0.05) is 30.3 Å². The fourth-order valence-electron chi connectivity index (χ4n) is 2.34. The first-order valence-corrected chi connectivity index (χ1v) is 5.58. The van der Waals surface area contributed by atoms with Gasteiger partial charge in [0.1, 0.15) is 0 Å². The van der Waals surface area contributed by atoms with Gasteiger partial charge < -0.3 is 0 Å². The van der Waals surface area contributed by atoms with Crippen molar-refractivity contribution >= 4 is 18.2 Å². The maximum absolute atomic E-state index is 11.7. The topological polar surface area (TPSA) is 20.3 Å². The molecule has 1 aromatic rings. The molecule has 16 heavy (non-hydrogen) atoms. The van der Waals surface area contributed by atoms with Gasteiger partial charge in [0.15, 0.2) is 5.78 Å². The highest BCUT2D eigenvalue weighted by molar-refractivity contribution is 5.85. The molecule has 3 heteroatoms. The summed E-state index contributed by atoms with van der Waals surface area (Å²) in [6.07, 6.45) is 2.44. The summed E-state index contributed by atoms with van der Waals surface area (Å²) in [5.41, 5.74) is 1.13. The van der Waals surface area contributed by atoms with Gasteiger partial charge in [0.25, 0.3) is 0 Å². The molecule has 0 N–H and O–H groups in total. The molecule has 0 amide bonds. The quantitative estimate of drug-likeness (QED) is 0.809. The van der Waals surface area contributed by atoms with Crippen molar-refractivity contribution in [2.45, 2.75) is 25.8 Å². The third kappa shape index (κ3) is 2.83. The van der Waals surface area contributed by atoms with Gasteiger partial charge in [-0.2, -0.15) is 0 Å². The van der Waals surface area contributed by atoms with Crippen molar-refractivity contribution in [1.82, 2.24) is 4.90 Å². The molecule has 1 atom stereocenters. The summed E-state index contributed by atoms with van der Waals surface area (Å²) in [7, 11) is 0. The first-order chi connectivity index (χ1) is 7.29. The molecule has 1 fully saturated rings. The van der Waals surface area contributed by atoms with Crippen molar-refractivity contribution in [1.29, 1.82) is 0 Å². The Balaban J connectivity index is 0.00000128. The van der Waals surface area contributed by atoms with E-state index in [9.17, 15) is 4.79 Å². The predicted molar refractivity (Wildman–Crippen MR) is 67.9 cm³/mol. The van der Waals surface area contributed by atoms with Gasteiger partial charge in [-0.3, -0.25) is 9.69 Å². The van der Waals surface area contributed by atoms with Crippen LogP contribution < -0.4 is 0 Å². The Morgan fingerprint density at radius 1 is 1.19 bits per heavy atom. The molecule has 1 aliphatic rings. The third-order valence-electron chi connectivity index (χ3n) is 3.01. The molecule has 0 bridgehead atoms. The van der Waals surface area contributed by atoms with Gasteiger partial charge in [-0.05, 0) is 38.4 Å². The van der Waals surface area contributed by atoms with Gasteiger partial charge in [-0.25, -0.2) is 0 Å². The number of likely N-dealkylation sites (tertiary alicyclic amines) is 1. The van der Waals surface area contributed by atoms with Crippen LogP contribution in [0.5, 0.6) is 0 Å². The Labute approximate surface area is 103 Å². The average Bonchev–Trinajstić information content (AvgIpc) is 2.72. The van der Waals surface area contributed by atoms with Crippen molar-refractivity contribution < 1.29 is 4.79 Å². The zero-order valence-electron chi connectivity index (χ0n) is 9.56. The van der Waals surface area contributed by atoms with E-state index in [4.69, 9.17) is 0 Å². The minimum Gasteiger partial charge on any atom is -0.298 e. The number of nitrogens with zero attached hydrogens (tertiary/aromatic N) is 1. The Morgan fingerprint density at radius 3 is 2.25 bits per heavy atom. The average molecular weight is 240 g/mol. The van der Waals surface area contributed by atoms with Gasteiger partial charge in [0.2, 0.25) is 0 Å². The second-order valence-electron chi connectivity index (χ2n) is 4.17. The first kappa shape index (κ1) is 13.2. The number of halogens is 1. The van der Waals surface area contributed by atoms with Gasteiger partial charge in [0, 0.05) is 0 Å². The summed E-state index contributed by atoms with van der Waals surface area (Å²) in [5, 5.41) is 0. The van der Waals surface area contributed by atoms with Crippen molar-refractivity contribution in [2.24, 2.45) is 0 Å². The molecule has 1 unspecified atom stereocenters. The number of carbonyl (C=O) groups excluding carboxylic acids is 1. The van der Waals surface area contributed by atoms with E-state index < -0.39 is 0 Å². The van der Waals surface area contributed by atoms with E-state index in [1.807, 2.05) is 30.3 Å². The Kier molecular flexibility index (Phi) is 4.97. The summed E-state index contributed by atoms with van der Waals surface area (Å²) in [5.74, 6) is 0.253. The highest BCUT2D eigenvalue weighted by Gasteiger charge is 2.26. The zero-order chi connectivity index (χ0) is 10.7. The van der Waals surface area contributed by atoms with E-state index >= 15 is 0 Å². The fourth-order valence-corrected chi connectivity index (χ4v) is 2.34. The molecule has 1 aliphatic heterocycles. The Morgan fingerprint density at radius 2 is 1.75 bits per heavy atom. The summed E-state index contributed by atoms with van der Waals surface area (Å²) in [6.45, 7) is 3.80. The van der Waals surface area contributed by atoms with Crippen molar-refractivity contribution in [3.63, 3.8) is 0 Å². The van der Waals surface area contributed by atoms with Crippen LogP contribution in [0, 0.1) is 0 Å². The van der Waals surface area contributed by atoms with E-state index in [1.54, 1.807) is 6.92 Å². The molecular formula is C13H18ClNO. The van der Waals surface area contributed by atoms with Crippen LogP contribution in [0.4, 0.5) is 0 Å². The van der Waals surface area contributed by atoms with Crippen LogP contribution in [0.1, 0.15) is 31.4 Å². The molecule has 0 saturated carbocycles. The van der Waals surface area contributed by atoms with Crippen LogP contribution in [-0.2, 0) is 4.79 Å². The molecule has 1 saturated heterocycles. The minimum atomic E-state index is -0.0197. The minimum absolute atomic E-state index is 0. The van der Waals surface area contributed by atoms with E-state index in [1.165, 1.54) is 12.8 Å². The molecule has 0 radical (unpaired) electrons. The molecule has 1 aromatic carbocycles. The van der Waals surface area contributed by atoms with E-state index in [0.29, 0.717) is 0 Å². The number of hydrogen-bond acceptors (Lipinski definition) is 2. The lowest BCUT2D eigenvalue weighted by molar-refractivity contribution is -0.122. The number of Topliss-reactive ketones (excluding diaryl/α,β-unsaturated/α-hetero) is 1. The van der Waals surface area contributed by atoms with Crippen LogP contribution in [0.15, 0.2) is 30.3 Å². The molecule has 0 aromatic heterocycles. The van der Waals surface area contributed by atoms with Crippen molar-refractivity contribution in [3.05, 3.63) is 35.9 Å². The summed E-state index contributed by atoms with van der Waals surface area (Å²) in [6, 6.07) is 10.1. The van der Waals surface area contributed by atoms with Crippen LogP contribution in [0.25, 0.3) is 0 Å². The SMILES string of the molecule is CC(=O)C(c1ccccc1)N1CCCC1.Cl. The zero-order valence-corrected chi connectivity index (χ0v) is 10.4. The summed E-state index contributed by atoms with van der Waals surface area (Å²) < 4.78 is 0. The van der Waals surface area contributed by atoms with E-state index in [2.05, 4.69) is 4.90 Å². The number of rotatable bonds is 3. The molecule has 1 heterocycles. The Bertz CT molecular complexity index is 333. The van der Waals surface area contributed by atoms with Crippen LogP contribution in [-0.4, -0.2) is 23.8 Å². The van der Waals surface area contributed by atoms with Crippen LogP contribution in [0.3, 0.4) is 0 Å². The molecule has 0 spiro atoms. The number of ketones is 1. The first-order valence-electron chi connectivity index (χ1n) is 5.58. The highest BCUT2D eigenvalue weighted by Crippen LogP contribution is 2.25. The maximum atomic E-state index is 11.7. The van der Waals surface area contributed by atoms with Crippen molar-refractivity contribution in [2.75, 3.05) is 13.1 Å². The lowest BCUT2D eigenvalue weighted by atomic mass is 10.0. The van der Waals surface area contributed by atoms with Crippen molar-refractivity contribution in [3.8, 4) is 0 Å². The lowest BCUT2D eigenvalue weighted by Gasteiger charge is -2.25. The third-order valence-corrected chi connectivity index (χ3v) is 3.01.